The zero-order chi connectivity index (χ0) is 20.6. The smallest absolute Gasteiger partial charge is 0.240 e. The number of nitrogens with zero attached hydrogens (tertiary/aromatic N) is 1. The first-order valence-electron chi connectivity index (χ1n) is 9.17. The number of anilines is 1. The third-order valence-corrected chi connectivity index (χ3v) is 5.43. The van der Waals surface area contributed by atoms with Crippen LogP contribution in [0.15, 0.2) is 53.5 Å². The van der Waals surface area contributed by atoms with Crippen LogP contribution in [0.25, 0.3) is 0 Å². The number of benzene rings is 2. The average Bonchev–Trinajstić information content (AvgIpc) is 3.05. The number of amides is 2. The van der Waals surface area contributed by atoms with Crippen LogP contribution >= 0.6 is 11.8 Å². The Kier molecular flexibility index (Phi) is 7.13. The van der Waals surface area contributed by atoms with Crippen molar-refractivity contribution >= 4 is 34.4 Å². The fraction of sp³-hybridized carbons (Fsp3) is 0.286. The van der Waals surface area contributed by atoms with Crippen LogP contribution in [0.2, 0.25) is 0 Å². The number of nitrogens with one attached hydrogen (secondary N) is 2. The van der Waals surface area contributed by atoms with E-state index in [4.69, 9.17) is 9.47 Å². The van der Waals surface area contributed by atoms with Gasteiger partial charge in [0.25, 0.3) is 0 Å². The Morgan fingerprint density at radius 3 is 2.55 bits per heavy atom. The van der Waals surface area contributed by atoms with Crippen molar-refractivity contribution < 1.29 is 19.1 Å². The van der Waals surface area contributed by atoms with Gasteiger partial charge in [0, 0.05) is 18.7 Å². The maximum Gasteiger partial charge on any atom is 0.240 e. The Bertz CT molecular complexity index is 902. The molecule has 1 aliphatic rings. The summed E-state index contributed by atoms with van der Waals surface area (Å²) < 4.78 is 10.6. The molecule has 1 aliphatic heterocycles. The molecule has 0 radical (unpaired) electrons. The number of thioether (sulfide) groups is 1. The van der Waals surface area contributed by atoms with Gasteiger partial charge in [0.05, 0.1) is 14.2 Å². The first-order chi connectivity index (χ1) is 14.1. The summed E-state index contributed by atoms with van der Waals surface area (Å²) in [5, 5.41) is 5.71. The van der Waals surface area contributed by atoms with E-state index in [1.54, 1.807) is 14.2 Å². The van der Waals surface area contributed by atoms with Crippen molar-refractivity contribution in [3.63, 3.8) is 0 Å². The Morgan fingerprint density at radius 1 is 1.14 bits per heavy atom. The van der Waals surface area contributed by atoms with Gasteiger partial charge in [-0.3, -0.25) is 19.9 Å². The summed E-state index contributed by atoms with van der Waals surface area (Å²) in [5.41, 5.74) is 1.93. The second kappa shape index (κ2) is 9.97. The number of hydrogen-bond donors (Lipinski definition) is 2. The summed E-state index contributed by atoms with van der Waals surface area (Å²) in [6.45, 7) is 0.514. The number of carbonyl (C=O) groups is 2. The van der Waals surface area contributed by atoms with E-state index in [-0.39, 0.29) is 18.2 Å². The number of para-hydroxylation sites is 1. The van der Waals surface area contributed by atoms with Gasteiger partial charge in [0.15, 0.2) is 16.7 Å². The molecule has 29 heavy (non-hydrogen) atoms. The molecule has 2 N–H and O–H groups in total. The number of methoxy groups -OCH3 is 2. The molecule has 7 nitrogen and oxygen atoms in total. The molecule has 2 aromatic rings. The van der Waals surface area contributed by atoms with E-state index in [9.17, 15) is 9.59 Å². The predicted molar refractivity (Wildman–Crippen MR) is 115 cm³/mol. The highest BCUT2D eigenvalue weighted by Crippen LogP contribution is 2.28. The van der Waals surface area contributed by atoms with Gasteiger partial charge < -0.3 is 14.8 Å². The molecule has 1 fully saturated rings. The van der Waals surface area contributed by atoms with Crippen molar-refractivity contribution in [2.24, 2.45) is 4.99 Å². The minimum absolute atomic E-state index is 0.161. The van der Waals surface area contributed by atoms with E-state index < -0.39 is 5.25 Å². The summed E-state index contributed by atoms with van der Waals surface area (Å²) in [5.74, 6) is 0.824. The standard InChI is InChI=1S/C21H23N3O4S/c1-27-16-9-8-14(12-17(16)28-2)10-11-22-21(23-15-6-4-3-5-7-15)29-18-13-19(25)24-20(18)26/h3-9,12,18H,10-11,13H2,1-2H3,(H,22,23)(H,24,25,26)/t18-/m0/s1. The monoisotopic (exact) mass is 413 g/mol. The van der Waals surface area contributed by atoms with Crippen LogP contribution in [-0.4, -0.2) is 43.0 Å². The molecule has 2 aromatic carbocycles. The Morgan fingerprint density at radius 2 is 1.90 bits per heavy atom. The molecule has 1 atom stereocenters. The second-order valence-electron chi connectivity index (χ2n) is 6.34. The van der Waals surface area contributed by atoms with Crippen LogP contribution in [0.1, 0.15) is 12.0 Å². The highest BCUT2D eigenvalue weighted by molar-refractivity contribution is 8.15. The molecule has 152 valence electrons. The van der Waals surface area contributed by atoms with E-state index in [2.05, 4.69) is 15.6 Å². The molecule has 0 unspecified atom stereocenters. The quantitative estimate of drug-likeness (QED) is 0.412. The van der Waals surface area contributed by atoms with Gasteiger partial charge in [0.1, 0.15) is 5.25 Å². The number of imide groups is 1. The van der Waals surface area contributed by atoms with Crippen molar-refractivity contribution in [2.75, 3.05) is 26.1 Å². The summed E-state index contributed by atoms with van der Waals surface area (Å²) >= 11 is 1.27. The molecule has 2 amide bonds. The van der Waals surface area contributed by atoms with Gasteiger partial charge in [-0.25, -0.2) is 0 Å². The number of carbonyl (C=O) groups excluding carboxylic acids is 2. The van der Waals surface area contributed by atoms with Crippen LogP contribution in [0.3, 0.4) is 0 Å². The predicted octanol–water partition coefficient (Wildman–Crippen LogP) is 2.86. The van der Waals surface area contributed by atoms with Gasteiger partial charge in [0.2, 0.25) is 11.8 Å². The lowest BCUT2D eigenvalue weighted by Gasteiger charge is -2.12. The van der Waals surface area contributed by atoms with Crippen molar-refractivity contribution in [3.8, 4) is 11.5 Å². The lowest BCUT2D eigenvalue weighted by Crippen LogP contribution is -2.25. The molecule has 0 aliphatic carbocycles. The molecule has 8 heteroatoms. The average molecular weight is 413 g/mol. The fourth-order valence-electron chi connectivity index (χ4n) is 2.83. The third kappa shape index (κ3) is 5.74. The van der Waals surface area contributed by atoms with Crippen LogP contribution in [0.5, 0.6) is 11.5 Å². The topological polar surface area (TPSA) is 89.0 Å². The van der Waals surface area contributed by atoms with Crippen LogP contribution in [0.4, 0.5) is 5.69 Å². The van der Waals surface area contributed by atoms with Crippen LogP contribution < -0.4 is 20.1 Å². The Labute approximate surface area is 173 Å². The highest BCUT2D eigenvalue weighted by atomic mass is 32.2. The molecule has 0 aromatic heterocycles. The summed E-state index contributed by atoms with van der Waals surface area (Å²) in [6, 6.07) is 15.4. The largest absolute Gasteiger partial charge is 0.493 e. The molecular weight excluding hydrogens is 390 g/mol. The van der Waals surface area contributed by atoms with Crippen LogP contribution in [0, 0.1) is 0 Å². The number of rotatable bonds is 7. The van der Waals surface area contributed by atoms with Gasteiger partial charge >= 0.3 is 0 Å². The van der Waals surface area contributed by atoms with Crippen molar-refractivity contribution in [2.45, 2.75) is 18.1 Å². The van der Waals surface area contributed by atoms with Crippen molar-refractivity contribution in [1.29, 1.82) is 0 Å². The summed E-state index contributed by atoms with van der Waals surface area (Å²) in [6.07, 6.45) is 0.853. The van der Waals surface area contributed by atoms with Crippen molar-refractivity contribution in [1.82, 2.24) is 5.32 Å². The molecule has 0 spiro atoms. The zero-order valence-electron chi connectivity index (χ0n) is 16.3. The Balaban J connectivity index is 1.70. The second-order valence-corrected chi connectivity index (χ2v) is 7.53. The van der Waals surface area contributed by atoms with E-state index >= 15 is 0 Å². The van der Waals surface area contributed by atoms with Crippen molar-refractivity contribution in [3.05, 3.63) is 54.1 Å². The molecule has 3 rings (SSSR count). The van der Waals surface area contributed by atoms with E-state index in [1.807, 2.05) is 48.5 Å². The maximum absolute atomic E-state index is 11.9. The summed E-state index contributed by atoms with van der Waals surface area (Å²) in [7, 11) is 3.21. The minimum Gasteiger partial charge on any atom is -0.493 e. The SMILES string of the molecule is COc1ccc(CCN=C(Nc2ccccc2)S[C@H]2CC(=O)NC2=O)cc1OC. The minimum atomic E-state index is -0.474. The number of hydrogen-bond acceptors (Lipinski definition) is 6. The van der Waals surface area contributed by atoms with Crippen LogP contribution in [-0.2, 0) is 16.0 Å². The zero-order valence-corrected chi connectivity index (χ0v) is 17.1. The third-order valence-electron chi connectivity index (χ3n) is 4.31. The number of amidine groups is 1. The van der Waals surface area contributed by atoms with Gasteiger partial charge in [-0.1, -0.05) is 36.0 Å². The summed E-state index contributed by atoms with van der Waals surface area (Å²) in [4.78, 5) is 28.1. The molecule has 1 heterocycles. The lowest BCUT2D eigenvalue weighted by atomic mass is 10.1. The normalized spacial score (nSPS) is 16.5. The highest BCUT2D eigenvalue weighted by Gasteiger charge is 2.32. The van der Waals surface area contributed by atoms with E-state index in [1.165, 1.54) is 11.8 Å². The van der Waals surface area contributed by atoms with E-state index in [0.717, 1.165) is 11.3 Å². The molecule has 0 saturated carbocycles. The van der Waals surface area contributed by atoms with E-state index in [0.29, 0.717) is 29.6 Å². The molecule has 0 bridgehead atoms. The van der Waals surface area contributed by atoms with Gasteiger partial charge in [-0.15, -0.1) is 0 Å². The first kappa shape index (κ1) is 20.7. The molecule has 1 saturated heterocycles. The maximum atomic E-state index is 11.9. The lowest BCUT2D eigenvalue weighted by molar-refractivity contribution is -0.124. The van der Waals surface area contributed by atoms with Gasteiger partial charge in [-0.2, -0.15) is 0 Å². The number of ether oxygens (including phenoxy) is 2. The Hall–Kier alpha value is -3.00. The number of aliphatic imine (C=N–C) groups is 1. The van der Waals surface area contributed by atoms with Gasteiger partial charge in [-0.05, 0) is 36.2 Å². The molecular formula is C21H23N3O4S. The first-order valence-corrected chi connectivity index (χ1v) is 10.0. The fourth-order valence-corrected chi connectivity index (χ4v) is 3.85.